The van der Waals surface area contributed by atoms with E-state index in [1.54, 1.807) is 6.08 Å². The number of aliphatic carboxylic acids is 1. The lowest BCUT2D eigenvalue weighted by molar-refractivity contribution is -0.137. The maximum absolute atomic E-state index is 10.4. The van der Waals surface area contributed by atoms with E-state index in [4.69, 9.17) is 10.8 Å². The van der Waals surface area contributed by atoms with Gasteiger partial charge in [0.25, 0.3) is 0 Å². The molecule has 0 saturated heterocycles. The summed E-state index contributed by atoms with van der Waals surface area (Å²) in [6.07, 6.45) is 9.29. The zero-order valence-corrected chi connectivity index (χ0v) is 9.86. The highest BCUT2D eigenvalue weighted by molar-refractivity contribution is 5.66. The highest BCUT2D eigenvalue weighted by atomic mass is 16.4. The summed E-state index contributed by atoms with van der Waals surface area (Å²) in [7, 11) is 0. The zero-order valence-electron chi connectivity index (χ0n) is 9.86. The average Bonchev–Trinajstić information content (AvgIpc) is 2.27. The third-order valence-electron chi connectivity index (χ3n) is 2.42. The summed E-state index contributed by atoms with van der Waals surface area (Å²) in [5.41, 5.74) is 6.75. The van der Waals surface area contributed by atoms with Crippen molar-refractivity contribution in [1.29, 1.82) is 0 Å². The van der Waals surface area contributed by atoms with Gasteiger partial charge in [0.1, 0.15) is 0 Å². The van der Waals surface area contributed by atoms with E-state index in [0.717, 1.165) is 12.0 Å². The number of rotatable bonds is 8. The highest BCUT2D eigenvalue weighted by Gasteiger charge is 2.10. The molecule has 16 heavy (non-hydrogen) atoms. The van der Waals surface area contributed by atoms with E-state index in [1.807, 2.05) is 25.2 Å². The van der Waals surface area contributed by atoms with Crippen LogP contribution in [0.3, 0.4) is 0 Å². The molecule has 0 aromatic rings. The molecule has 1 unspecified atom stereocenters. The van der Waals surface area contributed by atoms with Crippen molar-refractivity contribution in [3.63, 3.8) is 0 Å². The topological polar surface area (TPSA) is 63.3 Å². The van der Waals surface area contributed by atoms with Crippen molar-refractivity contribution < 1.29 is 9.90 Å². The number of allylic oxidation sites excluding steroid dienone is 4. The molecule has 0 bridgehead atoms. The van der Waals surface area contributed by atoms with Crippen molar-refractivity contribution >= 4 is 5.97 Å². The molecule has 0 spiro atoms. The molecule has 0 aliphatic rings. The molecule has 0 amide bonds. The molecule has 0 aromatic carbocycles. The van der Waals surface area contributed by atoms with Gasteiger partial charge in [-0.25, -0.2) is 0 Å². The van der Waals surface area contributed by atoms with E-state index in [0.29, 0.717) is 13.0 Å². The van der Waals surface area contributed by atoms with Gasteiger partial charge in [-0.2, -0.15) is 0 Å². The third kappa shape index (κ3) is 6.19. The van der Waals surface area contributed by atoms with Crippen molar-refractivity contribution in [3.8, 4) is 0 Å². The Morgan fingerprint density at radius 3 is 2.69 bits per heavy atom. The minimum atomic E-state index is -0.756. The van der Waals surface area contributed by atoms with Crippen LogP contribution in [0.2, 0.25) is 0 Å². The molecule has 0 aliphatic carbocycles. The Kier molecular flexibility index (Phi) is 8.17. The number of nitrogens with two attached hydrogens (primary N) is 1. The van der Waals surface area contributed by atoms with Crippen LogP contribution in [0.15, 0.2) is 36.5 Å². The van der Waals surface area contributed by atoms with E-state index >= 15 is 0 Å². The van der Waals surface area contributed by atoms with Crippen LogP contribution in [0, 0.1) is 5.92 Å². The summed E-state index contributed by atoms with van der Waals surface area (Å²) in [5, 5.41) is 8.56. The lowest BCUT2D eigenvalue weighted by atomic mass is 9.93. The normalized spacial score (nSPS) is 14.0. The quantitative estimate of drug-likeness (QED) is 0.621. The Morgan fingerprint density at radius 1 is 1.56 bits per heavy atom. The minimum absolute atomic E-state index is 0.199. The van der Waals surface area contributed by atoms with Crippen molar-refractivity contribution in [2.45, 2.75) is 26.2 Å². The smallest absolute Gasteiger partial charge is 0.303 e. The van der Waals surface area contributed by atoms with Crippen LogP contribution < -0.4 is 5.73 Å². The molecule has 0 radical (unpaired) electrons. The second-order valence-corrected chi connectivity index (χ2v) is 3.62. The molecular formula is C13H21NO2. The van der Waals surface area contributed by atoms with E-state index in [1.165, 1.54) is 0 Å². The van der Waals surface area contributed by atoms with E-state index in [9.17, 15) is 4.79 Å². The molecule has 3 nitrogen and oxygen atoms in total. The molecule has 0 aliphatic heterocycles. The molecule has 0 aromatic heterocycles. The van der Waals surface area contributed by atoms with Gasteiger partial charge in [0.15, 0.2) is 0 Å². The van der Waals surface area contributed by atoms with Gasteiger partial charge in [-0.3, -0.25) is 4.79 Å². The first-order chi connectivity index (χ1) is 7.65. The predicted octanol–water partition coefficient (Wildman–Crippen LogP) is 2.50. The summed E-state index contributed by atoms with van der Waals surface area (Å²) >= 11 is 0. The summed E-state index contributed by atoms with van der Waals surface area (Å²) in [6.45, 7) is 6.22. The van der Waals surface area contributed by atoms with Gasteiger partial charge >= 0.3 is 5.97 Å². The number of carboxylic acid groups (broad SMARTS) is 1. The predicted molar refractivity (Wildman–Crippen MR) is 67.1 cm³/mol. The number of hydrogen-bond donors (Lipinski definition) is 2. The van der Waals surface area contributed by atoms with Crippen LogP contribution in [-0.2, 0) is 4.79 Å². The molecular weight excluding hydrogens is 202 g/mol. The second kappa shape index (κ2) is 8.92. The fourth-order valence-corrected chi connectivity index (χ4v) is 1.50. The Morgan fingerprint density at radius 2 is 2.25 bits per heavy atom. The molecule has 3 heteroatoms. The SMILES string of the molecule is C=C/C(=C\C=C/C)C(CN)CCCC(=O)O. The standard InChI is InChI=1S/C13H21NO2/c1-3-5-7-11(4-2)12(10-14)8-6-9-13(15)16/h3-5,7,12H,2,6,8-10,14H2,1H3,(H,15,16)/b5-3-,11-7+. The van der Waals surface area contributed by atoms with E-state index in [2.05, 4.69) is 6.58 Å². The van der Waals surface area contributed by atoms with Crippen LogP contribution in [0.1, 0.15) is 26.2 Å². The van der Waals surface area contributed by atoms with Crippen LogP contribution in [0.5, 0.6) is 0 Å². The van der Waals surface area contributed by atoms with Crippen LogP contribution in [-0.4, -0.2) is 17.6 Å². The molecule has 90 valence electrons. The first-order valence-corrected chi connectivity index (χ1v) is 5.52. The maximum atomic E-state index is 10.4. The third-order valence-corrected chi connectivity index (χ3v) is 2.42. The Bertz CT molecular complexity index is 280. The summed E-state index contributed by atoms with van der Waals surface area (Å²) in [6, 6.07) is 0. The van der Waals surface area contributed by atoms with Gasteiger partial charge in [0.2, 0.25) is 0 Å². The first kappa shape index (κ1) is 14.6. The fraction of sp³-hybridized carbons (Fsp3) is 0.462. The Labute approximate surface area is 97.3 Å². The van der Waals surface area contributed by atoms with E-state index < -0.39 is 5.97 Å². The van der Waals surface area contributed by atoms with Gasteiger partial charge in [-0.05, 0) is 37.8 Å². The summed E-state index contributed by atoms with van der Waals surface area (Å²) < 4.78 is 0. The minimum Gasteiger partial charge on any atom is -0.481 e. The highest BCUT2D eigenvalue weighted by Crippen LogP contribution is 2.18. The van der Waals surface area contributed by atoms with Crippen LogP contribution >= 0.6 is 0 Å². The van der Waals surface area contributed by atoms with Crippen LogP contribution in [0.25, 0.3) is 0 Å². The van der Waals surface area contributed by atoms with Crippen molar-refractivity contribution in [1.82, 2.24) is 0 Å². The van der Waals surface area contributed by atoms with Crippen molar-refractivity contribution in [2.75, 3.05) is 6.54 Å². The van der Waals surface area contributed by atoms with Gasteiger partial charge in [0, 0.05) is 6.42 Å². The van der Waals surface area contributed by atoms with Gasteiger partial charge < -0.3 is 10.8 Å². The number of hydrogen-bond acceptors (Lipinski definition) is 2. The molecule has 0 fully saturated rings. The monoisotopic (exact) mass is 223 g/mol. The van der Waals surface area contributed by atoms with Crippen molar-refractivity contribution in [3.05, 3.63) is 36.5 Å². The molecule has 3 N–H and O–H groups in total. The number of carboxylic acids is 1. The summed E-state index contributed by atoms with van der Waals surface area (Å²) in [5.74, 6) is -0.554. The fourth-order valence-electron chi connectivity index (χ4n) is 1.50. The van der Waals surface area contributed by atoms with Gasteiger partial charge in [-0.1, -0.05) is 30.9 Å². The lowest BCUT2D eigenvalue weighted by Gasteiger charge is -2.15. The Hall–Kier alpha value is -1.35. The van der Waals surface area contributed by atoms with Gasteiger partial charge in [0.05, 0.1) is 0 Å². The van der Waals surface area contributed by atoms with Crippen molar-refractivity contribution in [2.24, 2.45) is 11.7 Å². The summed E-state index contributed by atoms with van der Waals surface area (Å²) in [4.78, 5) is 10.4. The van der Waals surface area contributed by atoms with Gasteiger partial charge in [-0.15, -0.1) is 0 Å². The molecule has 1 atom stereocenters. The second-order valence-electron chi connectivity index (χ2n) is 3.62. The zero-order chi connectivity index (χ0) is 12.4. The maximum Gasteiger partial charge on any atom is 0.303 e. The largest absolute Gasteiger partial charge is 0.481 e. The molecule has 0 rings (SSSR count). The molecule has 0 heterocycles. The first-order valence-electron chi connectivity index (χ1n) is 5.52. The number of carbonyl (C=O) groups is 1. The van der Waals surface area contributed by atoms with E-state index in [-0.39, 0.29) is 12.3 Å². The average molecular weight is 223 g/mol. The lowest BCUT2D eigenvalue weighted by Crippen LogP contribution is -2.16. The Balaban J connectivity index is 4.33. The molecule has 0 saturated carbocycles. The van der Waals surface area contributed by atoms with Crippen LogP contribution in [0.4, 0.5) is 0 Å².